The van der Waals surface area contributed by atoms with Crippen LogP contribution < -0.4 is 0 Å². The van der Waals surface area contributed by atoms with Gasteiger partial charge in [-0.05, 0) is 103 Å². The lowest BCUT2D eigenvalue weighted by Gasteiger charge is -2.46. The van der Waals surface area contributed by atoms with Gasteiger partial charge in [0.1, 0.15) is 17.5 Å². The lowest BCUT2D eigenvalue weighted by molar-refractivity contribution is -0.140. The van der Waals surface area contributed by atoms with E-state index in [1.165, 1.54) is 76.1 Å². The molecule has 4 heterocycles. The molecular formula is C35H28N4O7S12. The fourth-order valence-electron chi connectivity index (χ4n) is 4.84. The van der Waals surface area contributed by atoms with Crippen molar-refractivity contribution in [2.75, 3.05) is 19.8 Å². The Morgan fingerprint density at radius 3 is 1.28 bits per heavy atom. The molecule has 58 heavy (non-hydrogen) atoms. The summed E-state index contributed by atoms with van der Waals surface area (Å²) in [6.45, 7) is -1.96. The van der Waals surface area contributed by atoms with Crippen LogP contribution in [0.5, 0.6) is 0 Å². The molecule has 5 N–H and O–H groups in total. The molecule has 0 aliphatic rings. The van der Waals surface area contributed by atoms with E-state index in [0.29, 0.717) is 0 Å². The molecule has 302 valence electrons. The quantitative estimate of drug-likeness (QED) is 0.0311. The second-order valence-corrected chi connectivity index (χ2v) is 25.5. The number of hydrogen-bond acceptors (Lipinski definition) is 22. The van der Waals surface area contributed by atoms with Crippen molar-refractivity contribution in [3.63, 3.8) is 0 Å². The van der Waals surface area contributed by atoms with Crippen LogP contribution in [0.4, 0.5) is 0 Å². The average Bonchev–Trinajstić information content (AvgIpc) is 4.05. The monoisotopic (exact) mass is 1000 g/mol. The van der Waals surface area contributed by atoms with Crippen LogP contribution in [0.2, 0.25) is 0 Å². The van der Waals surface area contributed by atoms with Gasteiger partial charge in [0.25, 0.3) is 0 Å². The highest BCUT2D eigenvalue weighted by Crippen LogP contribution is 2.66. The van der Waals surface area contributed by atoms with Crippen molar-refractivity contribution in [3.8, 4) is 0 Å². The average molecular weight is 1000 g/mol. The predicted octanol–water partition coefficient (Wildman–Crippen LogP) is 11.1. The van der Waals surface area contributed by atoms with E-state index in [4.69, 9.17) is 39.1 Å². The molecule has 0 aliphatic heterocycles. The van der Waals surface area contributed by atoms with Gasteiger partial charge in [0.15, 0.2) is 17.4 Å². The number of fused-ring (bicyclic) bond motifs is 4. The summed E-state index contributed by atoms with van der Waals surface area (Å²) in [6.07, 6.45) is 0. The molecule has 4 aromatic heterocycles. The highest BCUT2D eigenvalue weighted by Gasteiger charge is 2.60. The Kier molecular flexibility index (Phi) is 16.2. The van der Waals surface area contributed by atoms with Crippen molar-refractivity contribution < 1.29 is 34.5 Å². The zero-order chi connectivity index (χ0) is 40.5. The smallest absolute Gasteiger partial charge is 0.329 e. The third-order valence-electron chi connectivity index (χ3n) is 7.78. The molecule has 0 saturated carbocycles. The van der Waals surface area contributed by atoms with E-state index in [-0.39, 0.29) is 0 Å². The number of aliphatic carboxylic acids is 1. The SMILES string of the molecule is O=C(O)CO.OCC(CO)(C(O)SSc1nc2ccccc2s1)C(OSSc1nc2ccccc2s1)(SSc1nc2ccccc2s1)SSc1nc2ccccc2s1. The van der Waals surface area contributed by atoms with Crippen molar-refractivity contribution in [1.29, 1.82) is 0 Å². The highest BCUT2D eigenvalue weighted by atomic mass is 33.1. The van der Waals surface area contributed by atoms with Crippen LogP contribution in [-0.4, -0.2) is 81.0 Å². The van der Waals surface area contributed by atoms with Crippen LogP contribution in [0.3, 0.4) is 0 Å². The first-order valence-electron chi connectivity index (χ1n) is 16.5. The molecule has 8 aromatic rings. The Morgan fingerprint density at radius 2 is 0.931 bits per heavy atom. The summed E-state index contributed by atoms with van der Waals surface area (Å²) in [5.74, 6) is -1.19. The fourth-order valence-corrected chi connectivity index (χ4v) is 21.7. The molecule has 4 aromatic carbocycles. The van der Waals surface area contributed by atoms with Gasteiger partial charge in [-0.1, -0.05) is 59.3 Å². The van der Waals surface area contributed by atoms with E-state index < -0.39 is 40.9 Å². The van der Waals surface area contributed by atoms with Crippen molar-refractivity contribution in [3.05, 3.63) is 97.1 Å². The summed E-state index contributed by atoms with van der Waals surface area (Å²) < 4.78 is 12.6. The number of aliphatic hydroxyl groups excluding tert-OH is 4. The van der Waals surface area contributed by atoms with Gasteiger partial charge in [-0.3, -0.25) is 4.18 Å². The molecule has 0 bridgehead atoms. The van der Waals surface area contributed by atoms with Crippen LogP contribution in [0.15, 0.2) is 114 Å². The number of para-hydroxylation sites is 4. The zero-order valence-electron chi connectivity index (χ0n) is 29.2. The molecule has 0 amide bonds. The normalized spacial score (nSPS) is 12.7. The number of rotatable bonds is 18. The summed E-state index contributed by atoms with van der Waals surface area (Å²) in [6, 6.07) is 31.7. The first-order valence-corrected chi connectivity index (χ1v) is 28.3. The van der Waals surface area contributed by atoms with Crippen LogP contribution in [0, 0.1) is 5.41 Å². The minimum atomic E-state index is -1.62. The molecule has 8 rings (SSSR count). The Bertz CT molecular complexity index is 2390. The third kappa shape index (κ3) is 10.6. The standard InChI is InChI=1S/C33H24N4O4S12.C2H4O3/c38-17-32(18-39,27(40)46-47-28-34-19-9-1-5-13-23(19)42-28)33(51-48-29-35-20-10-2-6-14-24(20)43-29,52-49-30-36-21-11-3-7-15-25(21)44-30)41-53-50-31-37-22-12-4-8-16-26(22)45-31;3-1-2(4)5/h1-16,27,38-40H,17-18H2;3H,1H2,(H,4,5). The number of aliphatic hydroxyl groups is 4. The number of benzene rings is 4. The zero-order valence-corrected chi connectivity index (χ0v) is 39.0. The third-order valence-corrected chi connectivity index (χ3v) is 24.4. The van der Waals surface area contributed by atoms with E-state index >= 15 is 0 Å². The number of carboxylic acids is 1. The predicted molar refractivity (Wildman–Crippen MR) is 253 cm³/mol. The maximum Gasteiger partial charge on any atom is 0.329 e. The van der Waals surface area contributed by atoms with Crippen LogP contribution in [0.25, 0.3) is 40.9 Å². The van der Waals surface area contributed by atoms with Gasteiger partial charge in [-0.25, -0.2) is 24.7 Å². The Hall–Kier alpha value is -1.49. The summed E-state index contributed by atoms with van der Waals surface area (Å²) in [4.78, 5) is 28.3. The van der Waals surface area contributed by atoms with Crippen molar-refractivity contribution in [1.82, 2.24) is 19.9 Å². The minimum Gasteiger partial charge on any atom is -0.480 e. The van der Waals surface area contributed by atoms with Gasteiger partial charge in [-0.15, -0.1) is 45.3 Å². The second kappa shape index (κ2) is 21.1. The lowest BCUT2D eigenvalue weighted by atomic mass is 9.91. The summed E-state index contributed by atoms with van der Waals surface area (Å²) >= 11 is 7.28. The van der Waals surface area contributed by atoms with E-state index in [0.717, 1.165) is 80.1 Å². The van der Waals surface area contributed by atoms with Crippen LogP contribution in [0.1, 0.15) is 0 Å². The molecule has 0 spiro atoms. The summed E-state index contributed by atoms with van der Waals surface area (Å²) in [5.41, 5.74) is 0.593. The minimum absolute atomic E-state index is 0.592. The molecule has 1 unspecified atom stereocenters. The van der Waals surface area contributed by atoms with Crippen molar-refractivity contribution in [2.24, 2.45) is 5.41 Å². The summed E-state index contributed by atoms with van der Waals surface area (Å²) in [7, 11) is 9.19. The van der Waals surface area contributed by atoms with E-state index in [2.05, 4.69) is 0 Å². The highest BCUT2D eigenvalue weighted by molar-refractivity contribution is 8.86. The molecule has 0 fully saturated rings. The van der Waals surface area contributed by atoms with Gasteiger partial charge in [0.2, 0.25) is 4.27 Å². The molecule has 1 atom stereocenters. The van der Waals surface area contributed by atoms with Crippen molar-refractivity contribution >= 4 is 179 Å². The molecule has 11 nitrogen and oxygen atoms in total. The molecule has 23 heteroatoms. The largest absolute Gasteiger partial charge is 0.480 e. The van der Waals surface area contributed by atoms with Crippen LogP contribution >= 0.6 is 132 Å². The number of thiazole rings is 4. The van der Waals surface area contributed by atoms with E-state index in [1.54, 1.807) is 34.0 Å². The van der Waals surface area contributed by atoms with Crippen molar-refractivity contribution in [2.45, 2.75) is 27.1 Å². The molecule has 0 radical (unpaired) electrons. The van der Waals surface area contributed by atoms with Gasteiger partial charge >= 0.3 is 5.97 Å². The topological polar surface area (TPSA) is 179 Å². The lowest BCUT2D eigenvalue weighted by Crippen LogP contribution is -2.55. The van der Waals surface area contributed by atoms with E-state index in [9.17, 15) is 15.3 Å². The number of carbonyl (C=O) groups is 1. The Balaban J connectivity index is 0.000000966. The Labute approximate surface area is 378 Å². The maximum absolute atomic E-state index is 12.2. The number of carboxylic acid groups (broad SMARTS) is 1. The van der Waals surface area contributed by atoms with Gasteiger partial charge in [0, 0.05) is 10.8 Å². The van der Waals surface area contributed by atoms with Gasteiger partial charge in [-0.2, -0.15) is 0 Å². The number of nitrogens with zero attached hydrogens (tertiary/aromatic N) is 4. The van der Waals surface area contributed by atoms with E-state index in [1.807, 2.05) is 97.1 Å². The van der Waals surface area contributed by atoms with Crippen LogP contribution in [-0.2, 0) is 8.98 Å². The molecule has 0 aliphatic carbocycles. The van der Waals surface area contributed by atoms with Gasteiger partial charge in [0.05, 0.1) is 65.2 Å². The summed E-state index contributed by atoms with van der Waals surface area (Å²) in [5, 5.41) is 50.0. The number of hydrogen-bond donors (Lipinski definition) is 5. The molecule has 0 saturated heterocycles. The second-order valence-electron chi connectivity index (χ2n) is 11.5. The number of aromatic nitrogens is 4. The fraction of sp³-hybridized carbons (Fsp3) is 0.171. The van der Waals surface area contributed by atoms with Gasteiger partial charge < -0.3 is 25.5 Å². The maximum atomic E-state index is 12.2. The Morgan fingerprint density at radius 1 is 0.586 bits per heavy atom. The first kappa shape index (κ1) is 44.6. The molecular weight excluding hydrogens is 973 g/mol. The first-order chi connectivity index (χ1) is 28.2.